The Labute approximate surface area is 171 Å². The molecular formula is C23H28N2O4. The number of amides is 1. The topological polar surface area (TPSA) is 64.8 Å². The fraction of sp³-hybridized carbons (Fsp3) is 0.565. The number of likely N-dealkylation sites (tertiary alicyclic amines) is 1. The quantitative estimate of drug-likeness (QED) is 0.742. The van der Waals surface area contributed by atoms with E-state index >= 15 is 0 Å². The average molecular weight is 396 g/mol. The Morgan fingerprint density at radius 3 is 2.52 bits per heavy atom. The van der Waals surface area contributed by atoms with Gasteiger partial charge in [-0.25, -0.2) is 4.98 Å². The number of piperidine rings is 1. The molecule has 2 aromatic rings. The number of nitrogens with zero attached hydrogens (tertiary/aromatic N) is 2. The summed E-state index contributed by atoms with van der Waals surface area (Å²) >= 11 is 0. The number of carbonyl (C=O) groups is 1. The van der Waals surface area contributed by atoms with Crippen LogP contribution in [0.25, 0.3) is 11.3 Å². The molecule has 3 heterocycles. The van der Waals surface area contributed by atoms with Gasteiger partial charge in [-0.3, -0.25) is 4.79 Å². The van der Waals surface area contributed by atoms with Crippen LogP contribution >= 0.6 is 0 Å². The first-order chi connectivity index (χ1) is 14.2. The third kappa shape index (κ3) is 3.61. The first-order valence-corrected chi connectivity index (χ1v) is 10.8. The molecular weight excluding hydrogens is 368 g/mol. The second kappa shape index (κ2) is 7.73. The molecule has 154 valence electrons. The molecule has 5 rings (SSSR count). The highest BCUT2D eigenvalue weighted by atomic mass is 16.7. The van der Waals surface area contributed by atoms with Gasteiger partial charge in [0, 0.05) is 37.4 Å². The Morgan fingerprint density at radius 2 is 1.76 bits per heavy atom. The van der Waals surface area contributed by atoms with Crippen molar-refractivity contribution >= 4 is 5.91 Å². The van der Waals surface area contributed by atoms with E-state index in [4.69, 9.17) is 18.9 Å². The molecule has 1 aromatic carbocycles. The molecule has 0 spiro atoms. The highest BCUT2D eigenvalue weighted by Gasteiger charge is 2.31. The summed E-state index contributed by atoms with van der Waals surface area (Å²) < 4.78 is 17.5. The number of hydrogen-bond donors (Lipinski definition) is 0. The maximum absolute atomic E-state index is 11.6. The number of aromatic nitrogens is 1. The molecule has 0 bridgehead atoms. The van der Waals surface area contributed by atoms with Gasteiger partial charge in [0.05, 0.1) is 0 Å². The summed E-state index contributed by atoms with van der Waals surface area (Å²) in [5, 5.41) is 0. The molecule has 0 radical (unpaired) electrons. The van der Waals surface area contributed by atoms with Crippen LogP contribution in [0.4, 0.5) is 0 Å². The van der Waals surface area contributed by atoms with Crippen LogP contribution in [0, 0.1) is 0 Å². The zero-order valence-electron chi connectivity index (χ0n) is 17.0. The van der Waals surface area contributed by atoms with Gasteiger partial charge < -0.3 is 18.8 Å². The molecule has 29 heavy (non-hydrogen) atoms. The van der Waals surface area contributed by atoms with Gasteiger partial charge in [0.15, 0.2) is 17.4 Å². The summed E-state index contributed by atoms with van der Waals surface area (Å²) in [6, 6.07) is 6.04. The van der Waals surface area contributed by atoms with E-state index in [-0.39, 0.29) is 18.6 Å². The van der Waals surface area contributed by atoms with Crippen LogP contribution in [0.3, 0.4) is 0 Å². The van der Waals surface area contributed by atoms with Crippen LogP contribution in [0.1, 0.15) is 75.4 Å². The van der Waals surface area contributed by atoms with E-state index in [9.17, 15) is 4.79 Å². The van der Waals surface area contributed by atoms with Gasteiger partial charge in [0.25, 0.3) is 0 Å². The summed E-state index contributed by atoms with van der Waals surface area (Å²) in [5.74, 6) is 4.29. The summed E-state index contributed by atoms with van der Waals surface area (Å²) in [6.07, 6.45) is 7.94. The average Bonchev–Trinajstić information content (AvgIpc) is 3.41. The molecule has 1 saturated heterocycles. The van der Waals surface area contributed by atoms with Gasteiger partial charge >= 0.3 is 0 Å². The number of rotatable bonds is 3. The monoisotopic (exact) mass is 396 g/mol. The molecule has 6 nitrogen and oxygen atoms in total. The van der Waals surface area contributed by atoms with E-state index in [0.717, 1.165) is 73.2 Å². The minimum absolute atomic E-state index is 0.153. The SMILES string of the molecule is CC(=O)N1CCC(c2nc(-c3ccc4c(c3)OCO4)c(C3CCCCC3)o2)CC1. The first kappa shape index (κ1) is 18.5. The molecule has 1 saturated carbocycles. The maximum atomic E-state index is 11.6. The lowest BCUT2D eigenvalue weighted by Gasteiger charge is -2.29. The highest BCUT2D eigenvalue weighted by Crippen LogP contribution is 2.43. The highest BCUT2D eigenvalue weighted by molar-refractivity contribution is 5.73. The maximum Gasteiger partial charge on any atom is 0.231 e. The third-order valence-electron chi connectivity index (χ3n) is 6.58. The summed E-state index contributed by atoms with van der Waals surface area (Å²) in [4.78, 5) is 18.6. The van der Waals surface area contributed by atoms with E-state index in [2.05, 4.69) is 6.07 Å². The first-order valence-electron chi connectivity index (χ1n) is 10.8. The molecule has 0 atom stereocenters. The number of carbonyl (C=O) groups excluding carboxylic acids is 1. The predicted molar refractivity (Wildman–Crippen MR) is 108 cm³/mol. The van der Waals surface area contributed by atoms with Crippen molar-refractivity contribution < 1.29 is 18.7 Å². The van der Waals surface area contributed by atoms with Crippen molar-refractivity contribution in [2.75, 3.05) is 19.9 Å². The Balaban J connectivity index is 1.47. The van der Waals surface area contributed by atoms with Crippen LogP contribution in [0.15, 0.2) is 22.6 Å². The molecule has 1 aliphatic carbocycles. The molecule has 1 aromatic heterocycles. The second-order valence-corrected chi connectivity index (χ2v) is 8.45. The third-order valence-corrected chi connectivity index (χ3v) is 6.58. The van der Waals surface area contributed by atoms with Gasteiger partial charge in [-0.1, -0.05) is 19.3 Å². The Bertz CT molecular complexity index is 892. The largest absolute Gasteiger partial charge is 0.454 e. The smallest absolute Gasteiger partial charge is 0.231 e. The standard InChI is InChI=1S/C23H28N2O4/c1-15(26)25-11-9-17(10-12-25)23-24-21(22(29-23)16-5-3-2-4-6-16)18-7-8-19-20(13-18)28-14-27-19/h7-8,13,16-17H,2-6,9-12,14H2,1H3. The second-order valence-electron chi connectivity index (χ2n) is 8.45. The number of benzene rings is 1. The molecule has 2 fully saturated rings. The van der Waals surface area contributed by atoms with Gasteiger partial charge in [-0.05, 0) is 43.9 Å². The Kier molecular flexibility index (Phi) is 4.94. The lowest BCUT2D eigenvalue weighted by atomic mass is 9.86. The van der Waals surface area contributed by atoms with Crippen LogP contribution in [0.2, 0.25) is 0 Å². The van der Waals surface area contributed by atoms with E-state index in [1.54, 1.807) is 6.92 Å². The van der Waals surface area contributed by atoms with Gasteiger partial charge in [-0.2, -0.15) is 0 Å². The van der Waals surface area contributed by atoms with Crippen molar-refractivity contribution in [3.8, 4) is 22.8 Å². The van der Waals surface area contributed by atoms with E-state index < -0.39 is 0 Å². The molecule has 0 unspecified atom stereocenters. The molecule has 3 aliphatic rings. The summed E-state index contributed by atoms with van der Waals surface area (Å²) in [5.41, 5.74) is 1.99. The van der Waals surface area contributed by atoms with Gasteiger partial charge in [-0.15, -0.1) is 0 Å². The minimum Gasteiger partial charge on any atom is -0.454 e. The van der Waals surface area contributed by atoms with Crippen molar-refractivity contribution in [3.63, 3.8) is 0 Å². The Hall–Kier alpha value is -2.50. The van der Waals surface area contributed by atoms with Crippen molar-refractivity contribution in [3.05, 3.63) is 29.9 Å². The van der Waals surface area contributed by atoms with Crippen molar-refractivity contribution in [1.82, 2.24) is 9.88 Å². The fourth-order valence-corrected chi connectivity index (χ4v) is 4.86. The Morgan fingerprint density at radius 1 is 1.00 bits per heavy atom. The molecule has 1 amide bonds. The van der Waals surface area contributed by atoms with Crippen LogP contribution < -0.4 is 9.47 Å². The molecule has 2 aliphatic heterocycles. The zero-order valence-corrected chi connectivity index (χ0v) is 17.0. The molecule has 0 N–H and O–H groups in total. The zero-order chi connectivity index (χ0) is 19.8. The number of hydrogen-bond acceptors (Lipinski definition) is 5. The van der Waals surface area contributed by atoms with E-state index in [1.165, 1.54) is 19.3 Å². The van der Waals surface area contributed by atoms with Crippen molar-refractivity contribution in [2.45, 2.75) is 63.7 Å². The summed E-state index contributed by atoms with van der Waals surface area (Å²) in [6.45, 7) is 3.47. The van der Waals surface area contributed by atoms with Crippen molar-refractivity contribution in [2.24, 2.45) is 0 Å². The lowest BCUT2D eigenvalue weighted by Crippen LogP contribution is -2.36. The van der Waals surface area contributed by atoms with Crippen LogP contribution in [-0.2, 0) is 4.79 Å². The number of ether oxygens (including phenoxy) is 2. The fourth-order valence-electron chi connectivity index (χ4n) is 4.86. The number of fused-ring (bicyclic) bond motifs is 1. The van der Waals surface area contributed by atoms with Crippen molar-refractivity contribution in [1.29, 1.82) is 0 Å². The lowest BCUT2D eigenvalue weighted by molar-refractivity contribution is -0.129. The van der Waals surface area contributed by atoms with Gasteiger partial charge in [0.2, 0.25) is 12.7 Å². The van der Waals surface area contributed by atoms with Crippen LogP contribution in [-0.4, -0.2) is 35.7 Å². The van der Waals surface area contributed by atoms with Gasteiger partial charge in [0.1, 0.15) is 11.5 Å². The summed E-state index contributed by atoms with van der Waals surface area (Å²) in [7, 11) is 0. The van der Waals surface area contributed by atoms with Crippen LogP contribution in [0.5, 0.6) is 11.5 Å². The minimum atomic E-state index is 0.153. The number of oxazole rings is 1. The van der Waals surface area contributed by atoms with E-state index in [1.807, 2.05) is 17.0 Å². The molecule has 6 heteroatoms. The predicted octanol–water partition coefficient (Wildman–Crippen LogP) is 4.84. The normalized spacial score (nSPS) is 20.2. The van der Waals surface area contributed by atoms with E-state index in [0.29, 0.717) is 5.92 Å².